The van der Waals surface area contributed by atoms with Gasteiger partial charge < -0.3 is 15.4 Å². The molecule has 4 heteroatoms. The van der Waals surface area contributed by atoms with Crippen LogP contribution in [0, 0.1) is 0 Å². The highest BCUT2D eigenvalue weighted by molar-refractivity contribution is 5.81. The molecule has 3 rings (SSSR count). The van der Waals surface area contributed by atoms with Gasteiger partial charge in [0.1, 0.15) is 5.75 Å². The summed E-state index contributed by atoms with van der Waals surface area (Å²) >= 11 is 0. The van der Waals surface area contributed by atoms with E-state index in [-0.39, 0.29) is 11.9 Å². The van der Waals surface area contributed by atoms with Gasteiger partial charge in [-0.3, -0.25) is 4.79 Å². The van der Waals surface area contributed by atoms with Crippen LogP contribution < -0.4 is 10.5 Å². The van der Waals surface area contributed by atoms with Gasteiger partial charge in [0.05, 0.1) is 0 Å². The maximum atomic E-state index is 12.4. The molecule has 1 heterocycles. The number of rotatable bonds is 3. The quantitative estimate of drug-likeness (QED) is 0.924. The summed E-state index contributed by atoms with van der Waals surface area (Å²) in [6.45, 7) is 3.33. The van der Waals surface area contributed by atoms with E-state index >= 15 is 0 Å². The Labute approximate surface area is 126 Å². The average molecular weight is 288 g/mol. The van der Waals surface area contributed by atoms with Crippen LogP contribution in [0.3, 0.4) is 0 Å². The first-order chi connectivity index (χ1) is 10.1. The van der Waals surface area contributed by atoms with Crippen LogP contribution in [0.1, 0.15) is 37.3 Å². The lowest BCUT2D eigenvalue weighted by Crippen LogP contribution is -2.47. The zero-order chi connectivity index (χ0) is 14.8. The number of amides is 1. The minimum atomic E-state index is -0.432. The van der Waals surface area contributed by atoms with Crippen molar-refractivity contribution in [1.29, 1.82) is 0 Å². The minimum Gasteiger partial charge on any atom is -0.481 e. The van der Waals surface area contributed by atoms with E-state index in [1.165, 1.54) is 17.5 Å². The normalized spacial score (nSPS) is 20.2. The summed E-state index contributed by atoms with van der Waals surface area (Å²) in [6.07, 6.45) is 4.85. The van der Waals surface area contributed by atoms with Gasteiger partial charge in [-0.1, -0.05) is 6.07 Å². The van der Waals surface area contributed by atoms with E-state index in [0.717, 1.165) is 44.5 Å². The molecule has 1 aliphatic carbocycles. The van der Waals surface area contributed by atoms with Crippen LogP contribution in [0.2, 0.25) is 0 Å². The van der Waals surface area contributed by atoms with Gasteiger partial charge in [-0.2, -0.15) is 0 Å². The van der Waals surface area contributed by atoms with Gasteiger partial charge in [-0.25, -0.2) is 0 Å². The molecular weight excluding hydrogens is 264 g/mol. The van der Waals surface area contributed by atoms with Crippen molar-refractivity contribution in [3.63, 3.8) is 0 Å². The molecule has 1 aliphatic heterocycles. The molecule has 1 fully saturated rings. The second kappa shape index (κ2) is 6.06. The summed E-state index contributed by atoms with van der Waals surface area (Å²) in [4.78, 5) is 14.3. The fourth-order valence-electron chi connectivity index (χ4n) is 3.25. The molecular formula is C17H24N2O2. The van der Waals surface area contributed by atoms with Crippen LogP contribution in [-0.4, -0.2) is 36.0 Å². The standard InChI is InChI=1S/C17H24N2O2/c1-12(17(20)19-9-7-15(18)8-10-19)21-16-6-5-13-3-2-4-14(13)11-16/h5-6,11-12,15H,2-4,7-10,18H2,1H3. The van der Waals surface area contributed by atoms with Crippen molar-refractivity contribution in [2.75, 3.05) is 13.1 Å². The van der Waals surface area contributed by atoms with Crippen LogP contribution in [0.4, 0.5) is 0 Å². The number of carbonyl (C=O) groups excluding carboxylic acids is 1. The predicted molar refractivity (Wildman–Crippen MR) is 82.3 cm³/mol. The Kier molecular flexibility index (Phi) is 4.15. The first kappa shape index (κ1) is 14.4. The molecule has 114 valence electrons. The van der Waals surface area contributed by atoms with Crippen LogP contribution in [0.5, 0.6) is 5.75 Å². The van der Waals surface area contributed by atoms with E-state index in [1.54, 1.807) is 0 Å². The molecule has 4 nitrogen and oxygen atoms in total. The van der Waals surface area contributed by atoms with Gasteiger partial charge in [0.2, 0.25) is 0 Å². The molecule has 2 N–H and O–H groups in total. The van der Waals surface area contributed by atoms with Crippen molar-refractivity contribution < 1.29 is 9.53 Å². The highest BCUT2D eigenvalue weighted by atomic mass is 16.5. The topological polar surface area (TPSA) is 55.6 Å². The summed E-state index contributed by atoms with van der Waals surface area (Å²) in [5.74, 6) is 0.882. The summed E-state index contributed by atoms with van der Waals surface area (Å²) in [6, 6.07) is 6.45. The number of hydrogen-bond donors (Lipinski definition) is 1. The number of piperidine rings is 1. The van der Waals surface area contributed by atoms with Gasteiger partial charge in [0.15, 0.2) is 6.10 Å². The van der Waals surface area contributed by atoms with Crippen molar-refractivity contribution >= 4 is 5.91 Å². The molecule has 0 radical (unpaired) electrons. The van der Waals surface area contributed by atoms with Crippen LogP contribution in [0.15, 0.2) is 18.2 Å². The van der Waals surface area contributed by atoms with Crippen molar-refractivity contribution in [2.45, 2.75) is 51.2 Å². The molecule has 0 saturated carbocycles. The Morgan fingerprint density at radius 2 is 2.00 bits per heavy atom. The molecule has 1 aromatic carbocycles. The average Bonchev–Trinajstić information content (AvgIpc) is 2.95. The van der Waals surface area contributed by atoms with Gasteiger partial charge >= 0.3 is 0 Å². The molecule has 2 aliphatic rings. The summed E-state index contributed by atoms with van der Waals surface area (Å²) in [5.41, 5.74) is 8.67. The predicted octanol–water partition coefficient (Wildman–Crippen LogP) is 1.89. The second-order valence-electron chi connectivity index (χ2n) is 6.21. The number of likely N-dealkylation sites (tertiary alicyclic amines) is 1. The SMILES string of the molecule is CC(Oc1ccc2c(c1)CCC2)C(=O)N1CCC(N)CC1. The Balaban J connectivity index is 1.60. The lowest BCUT2D eigenvalue weighted by Gasteiger charge is -2.32. The summed E-state index contributed by atoms with van der Waals surface area (Å²) in [5, 5.41) is 0. The van der Waals surface area contributed by atoms with E-state index in [1.807, 2.05) is 17.9 Å². The van der Waals surface area contributed by atoms with E-state index in [4.69, 9.17) is 10.5 Å². The number of hydrogen-bond acceptors (Lipinski definition) is 3. The molecule has 1 saturated heterocycles. The second-order valence-corrected chi connectivity index (χ2v) is 6.21. The third kappa shape index (κ3) is 3.21. The van der Waals surface area contributed by atoms with Crippen LogP contribution in [-0.2, 0) is 17.6 Å². The van der Waals surface area contributed by atoms with E-state index < -0.39 is 6.10 Å². The van der Waals surface area contributed by atoms with Gasteiger partial charge in [0, 0.05) is 19.1 Å². The Morgan fingerprint density at radius 3 is 2.76 bits per heavy atom. The number of ether oxygens (including phenoxy) is 1. The van der Waals surface area contributed by atoms with Crippen molar-refractivity contribution in [3.05, 3.63) is 29.3 Å². The molecule has 21 heavy (non-hydrogen) atoms. The summed E-state index contributed by atoms with van der Waals surface area (Å²) < 4.78 is 5.86. The molecule has 1 unspecified atom stereocenters. The number of fused-ring (bicyclic) bond motifs is 1. The number of carbonyl (C=O) groups is 1. The Morgan fingerprint density at radius 1 is 1.29 bits per heavy atom. The van der Waals surface area contributed by atoms with Crippen molar-refractivity contribution in [1.82, 2.24) is 4.90 Å². The Hall–Kier alpha value is -1.55. The zero-order valence-electron chi connectivity index (χ0n) is 12.7. The monoisotopic (exact) mass is 288 g/mol. The molecule has 1 atom stereocenters. The maximum Gasteiger partial charge on any atom is 0.263 e. The number of nitrogens with two attached hydrogens (primary N) is 1. The highest BCUT2D eigenvalue weighted by Gasteiger charge is 2.26. The van der Waals surface area contributed by atoms with Gasteiger partial charge in [-0.05, 0) is 62.3 Å². The maximum absolute atomic E-state index is 12.4. The molecule has 1 aromatic rings. The lowest BCUT2D eigenvalue weighted by molar-refractivity contribution is -0.139. The zero-order valence-corrected chi connectivity index (χ0v) is 12.7. The molecule has 0 aromatic heterocycles. The summed E-state index contributed by atoms with van der Waals surface area (Å²) in [7, 11) is 0. The van der Waals surface area contributed by atoms with Gasteiger partial charge in [-0.15, -0.1) is 0 Å². The van der Waals surface area contributed by atoms with E-state index in [9.17, 15) is 4.79 Å². The molecule has 1 amide bonds. The Bertz CT molecular complexity index is 522. The highest BCUT2D eigenvalue weighted by Crippen LogP contribution is 2.26. The largest absolute Gasteiger partial charge is 0.481 e. The van der Waals surface area contributed by atoms with E-state index in [2.05, 4.69) is 12.1 Å². The smallest absolute Gasteiger partial charge is 0.263 e. The van der Waals surface area contributed by atoms with Crippen molar-refractivity contribution in [2.24, 2.45) is 5.73 Å². The van der Waals surface area contributed by atoms with Crippen molar-refractivity contribution in [3.8, 4) is 5.75 Å². The van der Waals surface area contributed by atoms with Crippen LogP contribution >= 0.6 is 0 Å². The first-order valence-corrected chi connectivity index (χ1v) is 7.96. The molecule has 0 spiro atoms. The van der Waals surface area contributed by atoms with Crippen LogP contribution in [0.25, 0.3) is 0 Å². The minimum absolute atomic E-state index is 0.0717. The number of aryl methyl sites for hydroxylation is 2. The number of benzene rings is 1. The molecule has 0 bridgehead atoms. The van der Waals surface area contributed by atoms with E-state index in [0.29, 0.717) is 0 Å². The third-order valence-corrected chi connectivity index (χ3v) is 4.58. The fraction of sp³-hybridized carbons (Fsp3) is 0.588. The first-order valence-electron chi connectivity index (χ1n) is 7.96. The van der Waals surface area contributed by atoms with Gasteiger partial charge in [0.25, 0.3) is 5.91 Å². The lowest BCUT2D eigenvalue weighted by atomic mass is 10.1. The fourth-order valence-corrected chi connectivity index (χ4v) is 3.25. The number of nitrogens with zero attached hydrogens (tertiary/aromatic N) is 1. The third-order valence-electron chi connectivity index (χ3n) is 4.58.